The van der Waals surface area contributed by atoms with Crippen molar-refractivity contribution in [2.45, 2.75) is 13.8 Å². The van der Waals surface area contributed by atoms with Gasteiger partial charge in [-0.3, -0.25) is 0 Å². The first-order valence-corrected chi connectivity index (χ1v) is 7.62. The van der Waals surface area contributed by atoms with E-state index in [1.165, 1.54) is 6.08 Å². The number of aryl methyl sites for hydroxylation is 1. The van der Waals surface area contributed by atoms with Gasteiger partial charge in [-0.2, -0.15) is 0 Å². The van der Waals surface area contributed by atoms with E-state index in [9.17, 15) is 9.90 Å². The standard InChI is InChI=1S/C19H17NO4/c1-3-23-14-7-5-13(6-8-14)17(21)11-16-19(22)24-18-9-4-12(2)10-15(18)20-16/h4-11,21H,3H2,1-2H3. The Kier molecular flexibility index (Phi) is 4.33. The maximum Gasteiger partial charge on any atom is 0.362 e. The molecule has 0 saturated heterocycles. The quantitative estimate of drug-likeness (QED) is 0.736. The Balaban J connectivity index is 1.98. The summed E-state index contributed by atoms with van der Waals surface area (Å²) in [6.45, 7) is 4.40. The molecule has 3 rings (SSSR count). The molecule has 122 valence electrons. The van der Waals surface area contributed by atoms with Crippen LogP contribution in [-0.4, -0.2) is 16.7 Å². The van der Waals surface area contributed by atoms with Gasteiger partial charge in [0.1, 0.15) is 17.0 Å². The van der Waals surface area contributed by atoms with Crippen molar-refractivity contribution in [3.05, 3.63) is 69.7 Å². The van der Waals surface area contributed by atoms with E-state index < -0.39 is 5.63 Å². The molecule has 0 aliphatic carbocycles. The molecule has 0 aliphatic heterocycles. The minimum absolute atomic E-state index is 0.0551. The lowest BCUT2D eigenvalue weighted by Gasteiger charge is -2.04. The summed E-state index contributed by atoms with van der Waals surface area (Å²) in [7, 11) is 0. The number of benzene rings is 2. The van der Waals surface area contributed by atoms with Crippen LogP contribution in [0.5, 0.6) is 5.75 Å². The number of nitrogens with zero attached hydrogens (tertiary/aromatic N) is 1. The normalized spacial score (nSPS) is 11.7. The molecule has 1 N–H and O–H groups in total. The van der Waals surface area contributed by atoms with Crippen LogP contribution in [0.1, 0.15) is 23.7 Å². The zero-order chi connectivity index (χ0) is 17.1. The number of fused-ring (bicyclic) bond motifs is 1. The molecule has 0 saturated carbocycles. The predicted molar refractivity (Wildman–Crippen MR) is 93.1 cm³/mol. The molecule has 1 heterocycles. The molecule has 1 aromatic heterocycles. The highest BCUT2D eigenvalue weighted by molar-refractivity contribution is 5.78. The molecule has 0 atom stereocenters. The maximum atomic E-state index is 12.0. The Morgan fingerprint density at radius 3 is 2.71 bits per heavy atom. The van der Waals surface area contributed by atoms with Crippen LogP contribution in [-0.2, 0) is 0 Å². The van der Waals surface area contributed by atoms with Crippen molar-refractivity contribution in [1.82, 2.24) is 4.98 Å². The number of rotatable bonds is 4. The van der Waals surface area contributed by atoms with E-state index in [1.807, 2.05) is 26.0 Å². The molecule has 0 fully saturated rings. The molecule has 0 unspecified atom stereocenters. The molecule has 0 spiro atoms. The van der Waals surface area contributed by atoms with Crippen LogP contribution >= 0.6 is 0 Å². The van der Waals surface area contributed by atoms with Crippen LogP contribution in [0, 0.1) is 6.92 Å². The molecule has 0 aliphatic rings. The Bertz CT molecular complexity index is 955. The van der Waals surface area contributed by atoms with Gasteiger partial charge in [0.25, 0.3) is 0 Å². The van der Waals surface area contributed by atoms with Gasteiger partial charge < -0.3 is 14.3 Å². The van der Waals surface area contributed by atoms with Crippen molar-refractivity contribution in [3.63, 3.8) is 0 Å². The summed E-state index contributed by atoms with van der Waals surface area (Å²) in [5.41, 5.74) is 2.02. The number of aliphatic hydroxyl groups excluding tert-OH is 1. The van der Waals surface area contributed by atoms with Gasteiger partial charge in [0, 0.05) is 11.6 Å². The van der Waals surface area contributed by atoms with Crippen LogP contribution in [0.3, 0.4) is 0 Å². The molecular formula is C19H17NO4. The Morgan fingerprint density at radius 1 is 1.25 bits per heavy atom. The van der Waals surface area contributed by atoms with Crippen molar-refractivity contribution in [2.75, 3.05) is 6.61 Å². The highest BCUT2D eigenvalue weighted by Crippen LogP contribution is 2.19. The van der Waals surface area contributed by atoms with Crippen LogP contribution in [0.25, 0.3) is 22.9 Å². The monoisotopic (exact) mass is 323 g/mol. The van der Waals surface area contributed by atoms with Gasteiger partial charge in [-0.05, 0) is 55.8 Å². The van der Waals surface area contributed by atoms with Gasteiger partial charge in [0.05, 0.1) is 6.61 Å². The van der Waals surface area contributed by atoms with E-state index >= 15 is 0 Å². The van der Waals surface area contributed by atoms with Gasteiger partial charge in [-0.15, -0.1) is 0 Å². The lowest BCUT2D eigenvalue weighted by molar-refractivity contribution is 0.340. The molecule has 2 aromatic carbocycles. The van der Waals surface area contributed by atoms with Crippen molar-refractivity contribution in [2.24, 2.45) is 0 Å². The largest absolute Gasteiger partial charge is 0.507 e. The smallest absolute Gasteiger partial charge is 0.362 e. The van der Waals surface area contributed by atoms with Gasteiger partial charge in [-0.25, -0.2) is 9.78 Å². The average Bonchev–Trinajstić information content (AvgIpc) is 2.57. The van der Waals surface area contributed by atoms with Gasteiger partial charge >= 0.3 is 5.63 Å². The zero-order valence-electron chi connectivity index (χ0n) is 13.4. The molecule has 0 amide bonds. The second-order valence-corrected chi connectivity index (χ2v) is 5.34. The second kappa shape index (κ2) is 6.58. The third kappa shape index (κ3) is 3.30. The maximum absolute atomic E-state index is 12.0. The first-order valence-electron chi connectivity index (χ1n) is 7.62. The highest BCUT2D eigenvalue weighted by Gasteiger charge is 2.08. The average molecular weight is 323 g/mol. The van der Waals surface area contributed by atoms with Gasteiger partial charge in [-0.1, -0.05) is 6.07 Å². The molecule has 3 aromatic rings. The number of ether oxygens (including phenoxy) is 1. The summed E-state index contributed by atoms with van der Waals surface area (Å²) in [6.07, 6.45) is 1.31. The minimum atomic E-state index is -0.594. The summed E-state index contributed by atoms with van der Waals surface area (Å²) in [6, 6.07) is 12.3. The fourth-order valence-electron chi connectivity index (χ4n) is 2.32. The summed E-state index contributed by atoms with van der Waals surface area (Å²) in [4.78, 5) is 16.3. The van der Waals surface area contributed by atoms with Crippen LogP contribution in [0.15, 0.2) is 51.7 Å². The van der Waals surface area contributed by atoms with Crippen molar-refractivity contribution in [1.29, 1.82) is 0 Å². The third-order valence-electron chi connectivity index (χ3n) is 3.50. The first-order chi connectivity index (χ1) is 11.6. The Hall–Kier alpha value is -3.08. The van der Waals surface area contributed by atoms with E-state index in [-0.39, 0.29) is 11.5 Å². The summed E-state index contributed by atoms with van der Waals surface area (Å²) in [5.74, 6) is 0.651. The fraction of sp³-hybridized carbons (Fsp3) is 0.158. The molecule has 5 heteroatoms. The molecule has 5 nitrogen and oxygen atoms in total. The third-order valence-corrected chi connectivity index (χ3v) is 3.50. The number of hydrogen-bond donors (Lipinski definition) is 1. The summed E-state index contributed by atoms with van der Waals surface area (Å²) in [5, 5.41) is 10.2. The van der Waals surface area contributed by atoms with Crippen LogP contribution in [0.4, 0.5) is 0 Å². The summed E-state index contributed by atoms with van der Waals surface area (Å²) >= 11 is 0. The molecule has 24 heavy (non-hydrogen) atoms. The van der Waals surface area contributed by atoms with Gasteiger partial charge in [0.2, 0.25) is 0 Å². The highest BCUT2D eigenvalue weighted by atomic mass is 16.5. The van der Waals surface area contributed by atoms with Crippen LogP contribution in [0.2, 0.25) is 0 Å². The Morgan fingerprint density at radius 2 is 2.00 bits per heavy atom. The SMILES string of the molecule is CCOc1ccc(C(O)=Cc2nc3cc(C)ccc3oc2=O)cc1. The number of aliphatic hydroxyl groups is 1. The lowest BCUT2D eigenvalue weighted by atomic mass is 10.1. The van der Waals surface area contributed by atoms with Crippen molar-refractivity contribution < 1.29 is 14.3 Å². The second-order valence-electron chi connectivity index (χ2n) is 5.34. The van der Waals surface area contributed by atoms with Crippen LogP contribution < -0.4 is 10.4 Å². The van der Waals surface area contributed by atoms with E-state index in [0.29, 0.717) is 29.0 Å². The van der Waals surface area contributed by atoms with E-state index in [1.54, 1.807) is 30.3 Å². The minimum Gasteiger partial charge on any atom is -0.507 e. The molecule has 0 bridgehead atoms. The van der Waals surface area contributed by atoms with Crippen molar-refractivity contribution >= 4 is 22.9 Å². The number of hydrogen-bond acceptors (Lipinski definition) is 5. The predicted octanol–water partition coefficient (Wildman–Crippen LogP) is 3.95. The molecule has 0 radical (unpaired) electrons. The summed E-state index contributed by atoms with van der Waals surface area (Å²) < 4.78 is 10.6. The van der Waals surface area contributed by atoms with E-state index in [4.69, 9.17) is 9.15 Å². The molecular weight excluding hydrogens is 306 g/mol. The van der Waals surface area contributed by atoms with E-state index in [0.717, 1.165) is 5.56 Å². The first kappa shape index (κ1) is 15.8. The zero-order valence-corrected chi connectivity index (χ0v) is 13.4. The van der Waals surface area contributed by atoms with Gasteiger partial charge in [0.15, 0.2) is 11.3 Å². The fourth-order valence-corrected chi connectivity index (χ4v) is 2.32. The topological polar surface area (TPSA) is 72.6 Å². The number of aromatic nitrogens is 1. The lowest BCUT2D eigenvalue weighted by Crippen LogP contribution is -2.06. The van der Waals surface area contributed by atoms with Crippen molar-refractivity contribution in [3.8, 4) is 5.75 Å². The van der Waals surface area contributed by atoms with E-state index in [2.05, 4.69) is 4.98 Å². The Labute approximate surface area is 138 Å².